The number of methoxy groups -OCH3 is 1. The molecule has 1 fully saturated rings. The van der Waals surface area contributed by atoms with Gasteiger partial charge in [0.1, 0.15) is 5.75 Å². The fourth-order valence-corrected chi connectivity index (χ4v) is 4.39. The van der Waals surface area contributed by atoms with E-state index in [9.17, 15) is 14.7 Å². The largest absolute Gasteiger partial charge is 0.497 e. The molecule has 0 bridgehead atoms. The number of carbonyl (C=O) groups is 2. The summed E-state index contributed by atoms with van der Waals surface area (Å²) in [4.78, 5) is 29.1. The second-order valence-corrected chi connectivity index (χ2v) is 8.21. The molecule has 5 rings (SSSR count). The summed E-state index contributed by atoms with van der Waals surface area (Å²) in [5, 5.41) is 16.9. The van der Waals surface area contributed by atoms with E-state index in [1.165, 1.54) is 23.0 Å². The first kappa shape index (κ1) is 19.7. The van der Waals surface area contributed by atoms with Crippen molar-refractivity contribution in [2.45, 2.75) is 12.1 Å². The molecule has 32 heavy (non-hydrogen) atoms. The standard InChI is InChI=1S/C22H17N5O4S/c1-31-13-3-2-12-9-27(19(28)15(12)8-13)10-22(20(29)25-21(30)26-22)7-6-14-16(23)4-5-17-18(14)24-11-32-17/h2-5,8-9,11,28H,10,23H2,1H3,(H2,25,26,29,30)/t22-/m1/s1. The van der Waals surface area contributed by atoms with Crippen molar-refractivity contribution in [2.24, 2.45) is 0 Å². The Morgan fingerprint density at radius 2 is 2.16 bits per heavy atom. The van der Waals surface area contributed by atoms with E-state index in [1.54, 1.807) is 36.0 Å². The first-order valence-electron chi connectivity index (χ1n) is 9.54. The highest BCUT2D eigenvalue weighted by Gasteiger charge is 2.46. The molecule has 0 unspecified atom stereocenters. The highest BCUT2D eigenvalue weighted by molar-refractivity contribution is 7.16. The van der Waals surface area contributed by atoms with Crippen LogP contribution in [0.25, 0.3) is 21.0 Å². The maximum atomic E-state index is 12.8. The number of hydrogen-bond donors (Lipinski definition) is 4. The molecule has 3 amide bonds. The van der Waals surface area contributed by atoms with Crippen LogP contribution >= 0.6 is 11.3 Å². The number of imide groups is 1. The lowest BCUT2D eigenvalue weighted by atomic mass is 9.99. The van der Waals surface area contributed by atoms with Crippen LogP contribution in [-0.2, 0) is 11.3 Å². The van der Waals surface area contributed by atoms with Crippen molar-refractivity contribution in [1.29, 1.82) is 0 Å². The topological polar surface area (TPSA) is 131 Å². The maximum absolute atomic E-state index is 12.8. The third-order valence-electron chi connectivity index (χ3n) is 5.35. The third kappa shape index (κ3) is 3.07. The Balaban J connectivity index is 1.61. The van der Waals surface area contributed by atoms with Crippen LogP contribution in [0.15, 0.2) is 42.0 Å². The predicted octanol–water partition coefficient (Wildman–Crippen LogP) is 2.18. The van der Waals surface area contributed by atoms with E-state index in [0.717, 1.165) is 10.1 Å². The fraction of sp³-hybridized carbons (Fsp3) is 0.136. The molecule has 0 spiro atoms. The van der Waals surface area contributed by atoms with E-state index in [-0.39, 0.29) is 12.4 Å². The summed E-state index contributed by atoms with van der Waals surface area (Å²) in [7, 11) is 1.53. The van der Waals surface area contributed by atoms with E-state index in [0.29, 0.717) is 27.9 Å². The van der Waals surface area contributed by atoms with Gasteiger partial charge in [0, 0.05) is 22.7 Å². The monoisotopic (exact) mass is 447 g/mol. The first-order valence-corrected chi connectivity index (χ1v) is 10.4. The van der Waals surface area contributed by atoms with Crippen molar-refractivity contribution in [2.75, 3.05) is 12.8 Å². The molecule has 160 valence electrons. The molecule has 9 nitrogen and oxygen atoms in total. The molecule has 1 aliphatic rings. The number of nitrogens with zero attached hydrogens (tertiary/aromatic N) is 2. The summed E-state index contributed by atoms with van der Waals surface area (Å²) in [6.07, 6.45) is 1.68. The molecule has 0 aliphatic carbocycles. The minimum Gasteiger partial charge on any atom is -0.497 e. The van der Waals surface area contributed by atoms with Gasteiger partial charge in [0.2, 0.25) is 5.54 Å². The normalized spacial score (nSPS) is 17.8. The zero-order valence-corrected chi connectivity index (χ0v) is 17.6. The Labute approximate surface area is 185 Å². The minimum atomic E-state index is -1.61. The number of thiazole rings is 1. The Bertz CT molecular complexity index is 1480. The van der Waals surface area contributed by atoms with Gasteiger partial charge in [-0.3, -0.25) is 10.1 Å². The lowest BCUT2D eigenvalue weighted by molar-refractivity contribution is -0.122. The quantitative estimate of drug-likeness (QED) is 0.216. The number of hydrogen-bond acceptors (Lipinski definition) is 7. The van der Waals surface area contributed by atoms with Gasteiger partial charge in [-0.25, -0.2) is 9.78 Å². The van der Waals surface area contributed by atoms with Crippen molar-refractivity contribution in [3.05, 3.63) is 47.6 Å². The van der Waals surface area contributed by atoms with Gasteiger partial charge >= 0.3 is 6.03 Å². The number of nitrogens with one attached hydrogen (secondary N) is 2. The predicted molar refractivity (Wildman–Crippen MR) is 120 cm³/mol. The molecule has 4 aromatic rings. The number of ether oxygens (including phenoxy) is 1. The van der Waals surface area contributed by atoms with Crippen LogP contribution < -0.4 is 21.1 Å². The minimum absolute atomic E-state index is 0.0739. The van der Waals surface area contributed by atoms with Crippen LogP contribution in [0, 0.1) is 11.8 Å². The second-order valence-electron chi connectivity index (χ2n) is 7.33. The number of urea groups is 1. The van der Waals surface area contributed by atoms with Crippen LogP contribution in [0.4, 0.5) is 10.5 Å². The van der Waals surface area contributed by atoms with E-state index >= 15 is 0 Å². The van der Waals surface area contributed by atoms with Crippen molar-refractivity contribution >= 4 is 50.0 Å². The highest BCUT2D eigenvalue weighted by Crippen LogP contribution is 2.32. The van der Waals surface area contributed by atoms with Gasteiger partial charge in [0.25, 0.3) is 5.91 Å². The highest BCUT2D eigenvalue weighted by atomic mass is 32.1. The number of benzene rings is 2. The Kier molecular flexibility index (Phi) is 4.42. The molecule has 1 aliphatic heterocycles. The molecule has 2 aromatic carbocycles. The molecule has 2 aromatic heterocycles. The molecule has 5 N–H and O–H groups in total. The zero-order chi connectivity index (χ0) is 22.5. The Morgan fingerprint density at radius 3 is 2.91 bits per heavy atom. The van der Waals surface area contributed by atoms with Crippen molar-refractivity contribution in [3.63, 3.8) is 0 Å². The number of amides is 3. The first-order chi connectivity index (χ1) is 15.4. The lowest BCUT2D eigenvalue weighted by Gasteiger charge is -2.21. The average Bonchev–Trinajstić information content (AvgIpc) is 3.44. The molecular weight excluding hydrogens is 430 g/mol. The van der Waals surface area contributed by atoms with Gasteiger partial charge in [-0.1, -0.05) is 11.8 Å². The smallest absolute Gasteiger partial charge is 0.323 e. The fourth-order valence-electron chi connectivity index (χ4n) is 3.71. The summed E-state index contributed by atoms with van der Waals surface area (Å²) >= 11 is 1.45. The van der Waals surface area contributed by atoms with E-state index < -0.39 is 17.5 Å². The molecule has 10 heteroatoms. The summed E-state index contributed by atoms with van der Waals surface area (Å²) < 4.78 is 7.59. The van der Waals surface area contributed by atoms with Crippen LogP contribution in [0.3, 0.4) is 0 Å². The van der Waals surface area contributed by atoms with Crippen LogP contribution in [0.5, 0.6) is 11.6 Å². The van der Waals surface area contributed by atoms with Crippen LogP contribution in [0.2, 0.25) is 0 Å². The molecule has 3 heterocycles. The number of anilines is 1. The number of nitrogen functional groups attached to an aromatic ring is 1. The summed E-state index contributed by atoms with van der Waals surface area (Å²) in [6, 6.07) is 8.16. The average molecular weight is 447 g/mol. The maximum Gasteiger partial charge on any atom is 0.323 e. The second kappa shape index (κ2) is 7.18. The van der Waals surface area contributed by atoms with E-state index in [4.69, 9.17) is 10.5 Å². The van der Waals surface area contributed by atoms with Gasteiger partial charge in [0.15, 0.2) is 5.88 Å². The molecular formula is C22H17N5O4S. The molecule has 1 saturated heterocycles. The molecule has 0 radical (unpaired) electrons. The number of aromatic hydroxyl groups is 1. The molecule has 1 atom stereocenters. The van der Waals surface area contributed by atoms with Crippen LogP contribution in [0.1, 0.15) is 5.56 Å². The number of carbonyl (C=O) groups excluding carboxylic acids is 2. The lowest BCUT2D eigenvalue weighted by Crippen LogP contribution is -2.49. The van der Waals surface area contributed by atoms with Gasteiger partial charge in [-0.2, -0.15) is 0 Å². The number of nitrogens with two attached hydrogens (primary N) is 1. The number of fused-ring (bicyclic) bond motifs is 2. The Hall–Kier alpha value is -4.23. The van der Waals surface area contributed by atoms with Crippen molar-refractivity contribution in [1.82, 2.24) is 20.2 Å². The van der Waals surface area contributed by atoms with E-state index in [1.807, 2.05) is 6.07 Å². The Morgan fingerprint density at radius 1 is 1.31 bits per heavy atom. The van der Waals surface area contributed by atoms with E-state index in [2.05, 4.69) is 27.5 Å². The zero-order valence-electron chi connectivity index (χ0n) is 16.8. The summed E-state index contributed by atoms with van der Waals surface area (Å²) in [5.74, 6) is 5.73. The SMILES string of the molecule is COc1ccc2cn(C[C@@]3(C#Cc4c(N)ccc5scnc45)NC(=O)NC3=O)c(O)c2c1. The van der Waals surface area contributed by atoms with Gasteiger partial charge in [-0.05, 0) is 30.3 Å². The van der Waals surface area contributed by atoms with Crippen LogP contribution in [-0.4, -0.2) is 39.2 Å². The third-order valence-corrected chi connectivity index (χ3v) is 6.15. The van der Waals surface area contributed by atoms with Crippen molar-refractivity contribution in [3.8, 4) is 23.5 Å². The number of aromatic nitrogens is 2. The summed E-state index contributed by atoms with van der Waals surface area (Å²) in [5.41, 5.74) is 7.70. The van der Waals surface area contributed by atoms with Gasteiger partial charge < -0.3 is 25.5 Å². The van der Waals surface area contributed by atoms with Gasteiger partial charge in [0.05, 0.1) is 34.9 Å². The molecule has 0 saturated carbocycles. The van der Waals surface area contributed by atoms with Crippen molar-refractivity contribution < 1.29 is 19.4 Å². The number of rotatable bonds is 3. The summed E-state index contributed by atoms with van der Waals surface area (Å²) in [6.45, 7) is -0.118. The van der Waals surface area contributed by atoms with Gasteiger partial charge in [-0.15, -0.1) is 11.3 Å².